The summed E-state index contributed by atoms with van der Waals surface area (Å²) in [5.74, 6) is 1.89. The van der Waals surface area contributed by atoms with Crippen LogP contribution < -0.4 is 9.64 Å². The van der Waals surface area contributed by atoms with Crippen molar-refractivity contribution in [3.8, 4) is 5.75 Å². The smallest absolute Gasteiger partial charge is 0.154 e. The number of ether oxygens (including phenoxy) is 1. The maximum atomic E-state index is 13.9. The normalized spacial score (nSPS) is 21.7. The maximum Gasteiger partial charge on any atom is 0.154 e. The van der Waals surface area contributed by atoms with Crippen molar-refractivity contribution in [2.24, 2.45) is 11.8 Å². The van der Waals surface area contributed by atoms with Crippen molar-refractivity contribution in [2.75, 3.05) is 38.2 Å². The maximum absolute atomic E-state index is 13.9. The molecule has 6 heteroatoms. The minimum Gasteiger partial charge on any atom is -0.497 e. The second kappa shape index (κ2) is 9.10. The van der Waals surface area contributed by atoms with Gasteiger partial charge in [-0.3, -0.25) is 14.7 Å². The third-order valence-electron chi connectivity index (χ3n) is 7.38. The van der Waals surface area contributed by atoms with E-state index < -0.39 is 0 Å². The van der Waals surface area contributed by atoms with Crippen molar-refractivity contribution < 1.29 is 13.9 Å². The molecule has 0 aliphatic carbocycles. The number of likely N-dealkylation sites (tertiary alicyclic amines) is 1. The molecule has 2 aromatic carbocycles. The van der Waals surface area contributed by atoms with Gasteiger partial charge in [-0.1, -0.05) is 12.1 Å². The van der Waals surface area contributed by atoms with Crippen LogP contribution in [0.5, 0.6) is 5.75 Å². The number of pyridine rings is 1. The second-order valence-corrected chi connectivity index (χ2v) is 9.37. The van der Waals surface area contributed by atoms with Crippen molar-refractivity contribution in [3.05, 3.63) is 66.1 Å². The summed E-state index contributed by atoms with van der Waals surface area (Å²) in [6.45, 7) is 5.79. The minimum atomic E-state index is -0.233. The summed E-state index contributed by atoms with van der Waals surface area (Å²) in [6.07, 6.45) is 3.31. The molecule has 0 saturated carbocycles. The number of carbonyl (C=O) groups excluding carboxylic acids is 1. The van der Waals surface area contributed by atoms with E-state index in [1.165, 1.54) is 6.07 Å². The Kier molecular flexibility index (Phi) is 6.02. The fourth-order valence-electron chi connectivity index (χ4n) is 5.46. The first-order chi connectivity index (χ1) is 16.0. The number of hydrogen-bond acceptors (Lipinski definition) is 5. The number of fused-ring (bicyclic) bond motifs is 2. The van der Waals surface area contributed by atoms with Crippen LogP contribution in [0.15, 0.2) is 54.7 Å². The van der Waals surface area contributed by atoms with Gasteiger partial charge in [0, 0.05) is 43.3 Å². The lowest BCUT2D eigenvalue weighted by Gasteiger charge is -2.37. The lowest BCUT2D eigenvalue weighted by Crippen LogP contribution is -2.48. The number of ketones is 1. The monoisotopic (exact) mass is 447 g/mol. The van der Waals surface area contributed by atoms with Crippen LogP contribution in [0.3, 0.4) is 0 Å². The van der Waals surface area contributed by atoms with E-state index in [1.54, 1.807) is 19.2 Å². The van der Waals surface area contributed by atoms with Crippen molar-refractivity contribution in [1.29, 1.82) is 0 Å². The first-order valence-corrected chi connectivity index (χ1v) is 11.7. The fraction of sp³-hybridized carbons (Fsp3) is 0.407. The topological polar surface area (TPSA) is 45.7 Å². The van der Waals surface area contributed by atoms with Gasteiger partial charge in [0.2, 0.25) is 0 Å². The number of carbonyl (C=O) groups is 1. The van der Waals surface area contributed by atoms with Crippen LogP contribution in [0.2, 0.25) is 0 Å². The number of piperidine rings is 1. The van der Waals surface area contributed by atoms with Gasteiger partial charge in [0.25, 0.3) is 0 Å². The highest BCUT2D eigenvalue weighted by Gasteiger charge is 2.39. The van der Waals surface area contributed by atoms with E-state index in [9.17, 15) is 9.18 Å². The molecule has 5 rings (SSSR count). The van der Waals surface area contributed by atoms with Gasteiger partial charge in [-0.05, 0) is 73.7 Å². The third-order valence-corrected chi connectivity index (χ3v) is 7.38. The fourth-order valence-corrected chi connectivity index (χ4v) is 5.46. The predicted octanol–water partition coefficient (Wildman–Crippen LogP) is 4.34. The molecule has 3 unspecified atom stereocenters. The molecule has 0 amide bonds. The highest BCUT2D eigenvalue weighted by atomic mass is 19.1. The Hall–Kier alpha value is -2.99. The number of Topliss-reactive ketones (excluding diaryl/α,β-unsaturated/α-hetero) is 1. The zero-order chi connectivity index (χ0) is 22.9. The van der Waals surface area contributed by atoms with Crippen LogP contribution in [0.25, 0.3) is 10.9 Å². The summed E-state index contributed by atoms with van der Waals surface area (Å²) in [7, 11) is 1.64. The summed E-state index contributed by atoms with van der Waals surface area (Å²) in [4.78, 5) is 22.2. The number of aromatic nitrogens is 1. The number of hydrogen-bond donors (Lipinski definition) is 0. The first-order valence-electron chi connectivity index (χ1n) is 11.7. The van der Waals surface area contributed by atoms with Gasteiger partial charge in [-0.25, -0.2) is 4.39 Å². The summed E-state index contributed by atoms with van der Waals surface area (Å²) >= 11 is 0. The molecule has 3 heterocycles. The Morgan fingerprint density at radius 1 is 1.15 bits per heavy atom. The van der Waals surface area contributed by atoms with Gasteiger partial charge >= 0.3 is 0 Å². The largest absolute Gasteiger partial charge is 0.497 e. The van der Waals surface area contributed by atoms with Gasteiger partial charge in [0.1, 0.15) is 11.6 Å². The van der Waals surface area contributed by atoms with Gasteiger partial charge in [0.05, 0.1) is 18.7 Å². The Balaban J connectivity index is 1.26. The van der Waals surface area contributed by atoms with Crippen LogP contribution in [-0.2, 0) is 11.2 Å². The number of halogens is 1. The van der Waals surface area contributed by atoms with E-state index in [2.05, 4.69) is 14.8 Å². The van der Waals surface area contributed by atoms with E-state index in [0.29, 0.717) is 18.3 Å². The molecule has 0 spiro atoms. The minimum absolute atomic E-state index is 0.109. The van der Waals surface area contributed by atoms with E-state index in [0.717, 1.165) is 60.5 Å². The van der Waals surface area contributed by atoms with Crippen LogP contribution in [0, 0.1) is 17.7 Å². The van der Waals surface area contributed by atoms with Crippen molar-refractivity contribution in [3.63, 3.8) is 0 Å². The molecule has 172 valence electrons. The third kappa shape index (κ3) is 4.44. The predicted molar refractivity (Wildman–Crippen MR) is 128 cm³/mol. The number of anilines is 1. The first kappa shape index (κ1) is 21.8. The Bertz CT molecular complexity index is 1170. The molecular weight excluding hydrogens is 417 g/mol. The molecule has 33 heavy (non-hydrogen) atoms. The van der Waals surface area contributed by atoms with Gasteiger partial charge in [-0.2, -0.15) is 0 Å². The molecule has 3 atom stereocenters. The number of methoxy groups -OCH3 is 1. The molecule has 3 aromatic rings. The van der Waals surface area contributed by atoms with E-state index in [-0.39, 0.29) is 17.6 Å². The van der Waals surface area contributed by atoms with Crippen molar-refractivity contribution >= 4 is 22.4 Å². The average molecular weight is 448 g/mol. The van der Waals surface area contributed by atoms with E-state index in [1.807, 2.05) is 43.5 Å². The van der Waals surface area contributed by atoms with Crippen LogP contribution >= 0.6 is 0 Å². The van der Waals surface area contributed by atoms with Gasteiger partial charge in [-0.15, -0.1) is 0 Å². The summed E-state index contributed by atoms with van der Waals surface area (Å²) < 4.78 is 19.2. The van der Waals surface area contributed by atoms with Gasteiger partial charge < -0.3 is 9.64 Å². The quantitative estimate of drug-likeness (QED) is 0.563. The highest BCUT2D eigenvalue weighted by molar-refractivity contribution is 5.91. The molecule has 5 nitrogen and oxygen atoms in total. The number of nitrogens with zero attached hydrogens (tertiary/aromatic N) is 3. The highest BCUT2D eigenvalue weighted by Crippen LogP contribution is 2.37. The Labute approximate surface area is 194 Å². The lowest BCUT2D eigenvalue weighted by molar-refractivity contribution is -0.123. The van der Waals surface area contributed by atoms with Crippen molar-refractivity contribution in [1.82, 2.24) is 9.88 Å². The van der Waals surface area contributed by atoms with Crippen LogP contribution in [0.1, 0.15) is 18.9 Å². The number of benzene rings is 2. The average Bonchev–Trinajstić information content (AvgIpc) is 3.26. The number of rotatable bonds is 6. The molecule has 0 bridgehead atoms. The standard InChI is InChI=1S/C27H30FN3O2/c1-18(27(32)13-19-4-3-5-23(12-19)33-2)30-11-9-20-15-31(17-21(20)16-30)26-8-10-29-25-7-6-22(28)14-24(25)26/h3-8,10,12,14,18,20-21H,9,11,13,15-17H2,1-2H3. The van der Waals surface area contributed by atoms with E-state index in [4.69, 9.17) is 4.74 Å². The molecule has 0 radical (unpaired) electrons. The molecule has 0 N–H and O–H groups in total. The van der Waals surface area contributed by atoms with E-state index >= 15 is 0 Å². The lowest BCUT2D eigenvalue weighted by atomic mass is 9.87. The molecule has 2 aliphatic rings. The Morgan fingerprint density at radius 3 is 2.85 bits per heavy atom. The molecule has 2 saturated heterocycles. The Morgan fingerprint density at radius 2 is 2.00 bits per heavy atom. The summed E-state index contributed by atoms with van der Waals surface area (Å²) in [6, 6.07) is 14.4. The van der Waals surface area contributed by atoms with Crippen LogP contribution in [-0.4, -0.2) is 55.0 Å². The second-order valence-electron chi connectivity index (χ2n) is 9.37. The zero-order valence-electron chi connectivity index (χ0n) is 19.2. The summed E-state index contributed by atoms with van der Waals surface area (Å²) in [5.41, 5.74) is 2.87. The van der Waals surface area contributed by atoms with Crippen molar-refractivity contribution in [2.45, 2.75) is 25.8 Å². The van der Waals surface area contributed by atoms with Gasteiger partial charge in [0.15, 0.2) is 5.78 Å². The molecule has 2 aliphatic heterocycles. The molecule has 1 aromatic heterocycles. The molecular formula is C27H30FN3O2. The molecule has 2 fully saturated rings. The SMILES string of the molecule is COc1cccc(CC(=O)C(C)N2CCC3CN(c4ccnc5ccc(F)cc45)CC3C2)c1. The van der Waals surface area contributed by atoms with Crippen LogP contribution in [0.4, 0.5) is 10.1 Å². The zero-order valence-corrected chi connectivity index (χ0v) is 19.2. The summed E-state index contributed by atoms with van der Waals surface area (Å²) in [5, 5.41) is 0.870.